The van der Waals surface area contributed by atoms with E-state index in [1.165, 1.54) is 0 Å². The van der Waals surface area contributed by atoms with E-state index in [0.29, 0.717) is 18.0 Å². The minimum absolute atomic E-state index is 0.0364. The second-order valence-electron chi connectivity index (χ2n) is 5.41. The van der Waals surface area contributed by atoms with Gasteiger partial charge in [-0.1, -0.05) is 6.07 Å². The molecule has 3 rings (SSSR count). The third-order valence-corrected chi connectivity index (χ3v) is 5.89. The normalized spacial score (nSPS) is 21.3. The summed E-state index contributed by atoms with van der Waals surface area (Å²) in [7, 11) is -3.45. The van der Waals surface area contributed by atoms with E-state index < -0.39 is 10.0 Å². The van der Waals surface area contributed by atoms with E-state index in [9.17, 15) is 8.42 Å². The van der Waals surface area contributed by atoms with Gasteiger partial charge in [0.25, 0.3) is 0 Å². The Morgan fingerprint density at radius 2 is 2.14 bits per heavy atom. The van der Waals surface area contributed by atoms with E-state index in [0.717, 1.165) is 23.7 Å². The zero-order valence-corrected chi connectivity index (χ0v) is 12.8. The van der Waals surface area contributed by atoms with Crippen LogP contribution >= 0.6 is 0 Å². The number of hydrogen-bond donors (Lipinski definition) is 1. The maximum Gasteiger partial charge on any atom is 0.243 e. The van der Waals surface area contributed by atoms with Crippen molar-refractivity contribution in [2.24, 2.45) is 0 Å². The molecule has 0 unspecified atom stereocenters. The third kappa shape index (κ3) is 2.79. The van der Waals surface area contributed by atoms with Gasteiger partial charge in [-0.3, -0.25) is 4.98 Å². The standard InChI is InChI=1S/C15H19N3O2S/c1-12-10-16-6-2-8-18(12)21(19,20)15-4-3-14-11-17-7-5-13(14)9-15/h3-5,7,9,11-12,16H,2,6,8,10H2,1H3/t12-/m0/s1. The van der Waals surface area contributed by atoms with Crippen LogP contribution in [0.2, 0.25) is 0 Å². The number of pyridine rings is 1. The van der Waals surface area contributed by atoms with Crippen LogP contribution in [0, 0.1) is 0 Å². The largest absolute Gasteiger partial charge is 0.315 e. The highest BCUT2D eigenvalue weighted by atomic mass is 32.2. The second-order valence-corrected chi connectivity index (χ2v) is 7.30. The zero-order valence-electron chi connectivity index (χ0n) is 12.0. The quantitative estimate of drug-likeness (QED) is 0.915. The molecule has 5 nitrogen and oxygen atoms in total. The Kier molecular flexibility index (Phi) is 3.93. The molecule has 1 aromatic carbocycles. The zero-order chi connectivity index (χ0) is 14.9. The summed E-state index contributed by atoms with van der Waals surface area (Å²) < 4.78 is 27.4. The van der Waals surface area contributed by atoms with Crippen LogP contribution in [0.4, 0.5) is 0 Å². The van der Waals surface area contributed by atoms with Gasteiger partial charge in [-0.05, 0) is 43.5 Å². The lowest BCUT2D eigenvalue weighted by Crippen LogP contribution is -2.41. The van der Waals surface area contributed by atoms with Gasteiger partial charge in [-0.2, -0.15) is 4.31 Å². The predicted molar refractivity (Wildman–Crippen MR) is 82.6 cm³/mol. The minimum atomic E-state index is -3.45. The molecule has 1 atom stereocenters. The number of aromatic nitrogens is 1. The van der Waals surface area contributed by atoms with Crippen molar-refractivity contribution >= 4 is 20.8 Å². The molecule has 1 N–H and O–H groups in total. The lowest BCUT2D eigenvalue weighted by molar-refractivity contribution is 0.353. The van der Waals surface area contributed by atoms with Crippen molar-refractivity contribution < 1.29 is 8.42 Å². The van der Waals surface area contributed by atoms with Crippen LogP contribution < -0.4 is 5.32 Å². The first-order valence-corrected chi connectivity index (χ1v) is 8.59. The predicted octanol–water partition coefficient (Wildman–Crippen LogP) is 1.61. The van der Waals surface area contributed by atoms with E-state index in [1.54, 1.807) is 28.8 Å². The van der Waals surface area contributed by atoms with Gasteiger partial charge < -0.3 is 5.32 Å². The second kappa shape index (κ2) is 5.71. The van der Waals surface area contributed by atoms with Crippen LogP contribution in [0.25, 0.3) is 10.8 Å². The molecule has 1 aliphatic rings. The summed E-state index contributed by atoms with van der Waals surface area (Å²) in [5.41, 5.74) is 0. The van der Waals surface area contributed by atoms with Gasteiger partial charge in [0.1, 0.15) is 0 Å². The SMILES string of the molecule is C[C@H]1CNCCCN1S(=O)(=O)c1ccc2cnccc2c1. The first-order chi connectivity index (χ1) is 10.1. The van der Waals surface area contributed by atoms with Crippen molar-refractivity contribution in [2.45, 2.75) is 24.3 Å². The summed E-state index contributed by atoms with van der Waals surface area (Å²) in [6.45, 7) is 4.06. The van der Waals surface area contributed by atoms with Gasteiger partial charge in [0.2, 0.25) is 10.0 Å². The number of rotatable bonds is 2. The Hall–Kier alpha value is -1.50. The number of nitrogens with one attached hydrogen (secondary N) is 1. The molecule has 0 amide bonds. The summed E-state index contributed by atoms with van der Waals surface area (Å²) >= 11 is 0. The molecule has 0 spiro atoms. The molecule has 0 saturated carbocycles. The third-order valence-electron chi connectivity index (χ3n) is 3.88. The van der Waals surface area contributed by atoms with E-state index >= 15 is 0 Å². The van der Waals surface area contributed by atoms with Crippen molar-refractivity contribution in [3.63, 3.8) is 0 Å². The van der Waals surface area contributed by atoms with Crippen LogP contribution in [-0.2, 0) is 10.0 Å². The maximum absolute atomic E-state index is 12.9. The van der Waals surface area contributed by atoms with Crippen molar-refractivity contribution in [1.82, 2.24) is 14.6 Å². The Labute approximate surface area is 125 Å². The first kappa shape index (κ1) is 14.4. The summed E-state index contributed by atoms with van der Waals surface area (Å²) in [6.07, 6.45) is 4.25. The molecular formula is C15H19N3O2S. The molecule has 0 radical (unpaired) electrons. The number of benzene rings is 1. The number of nitrogens with zero attached hydrogens (tertiary/aromatic N) is 2. The highest BCUT2D eigenvalue weighted by Crippen LogP contribution is 2.23. The number of fused-ring (bicyclic) bond motifs is 1. The van der Waals surface area contributed by atoms with Crippen LogP contribution in [0.15, 0.2) is 41.6 Å². The summed E-state index contributed by atoms with van der Waals surface area (Å²) in [5.74, 6) is 0. The highest BCUT2D eigenvalue weighted by molar-refractivity contribution is 7.89. The molecule has 1 aliphatic heterocycles. The van der Waals surface area contributed by atoms with Gasteiger partial charge in [0.05, 0.1) is 4.90 Å². The smallest absolute Gasteiger partial charge is 0.243 e. The monoisotopic (exact) mass is 305 g/mol. The van der Waals surface area contributed by atoms with E-state index in [1.807, 2.05) is 19.1 Å². The molecule has 0 bridgehead atoms. The van der Waals surface area contributed by atoms with Gasteiger partial charge in [-0.25, -0.2) is 8.42 Å². The molecule has 1 aromatic heterocycles. The average Bonchev–Trinajstić information content (AvgIpc) is 2.71. The first-order valence-electron chi connectivity index (χ1n) is 7.15. The van der Waals surface area contributed by atoms with Gasteiger partial charge >= 0.3 is 0 Å². The molecule has 0 aliphatic carbocycles. The number of sulfonamides is 1. The van der Waals surface area contributed by atoms with E-state index in [4.69, 9.17) is 0 Å². The molecule has 2 heterocycles. The summed E-state index contributed by atoms with van der Waals surface area (Å²) in [6, 6.07) is 7.02. The lowest BCUT2D eigenvalue weighted by Gasteiger charge is -2.26. The van der Waals surface area contributed by atoms with Crippen molar-refractivity contribution in [1.29, 1.82) is 0 Å². The molecule has 112 valence electrons. The van der Waals surface area contributed by atoms with Crippen molar-refractivity contribution in [2.75, 3.05) is 19.6 Å². The van der Waals surface area contributed by atoms with Gasteiger partial charge in [0.15, 0.2) is 0 Å². The molecule has 1 fully saturated rings. The fourth-order valence-corrected chi connectivity index (χ4v) is 4.41. The fraction of sp³-hybridized carbons (Fsp3) is 0.400. The van der Waals surface area contributed by atoms with Crippen LogP contribution in [0.3, 0.4) is 0 Å². The Bertz CT molecular complexity index is 745. The van der Waals surface area contributed by atoms with Crippen LogP contribution in [-0.4, -0.2) is 43.4 Å². The molecular weight excluding hydrogens is 286 g/mol. The van der Waals surface area contributed by atoms with Crippen molar-refractivity contribution in [3.8, 4) is 0 Å². The van der Waals surface area contributed by atoms with Gasteiger partial charge in [0, 0.05) is 36.9 Å². The molecule has 1 saturated heterocycles. The van der Waals surface area contributed by atoms with Crippen molar-refractivity contribution in [3.05, 3.63) is 36.7 Å². The maximum atomic E-state index is 12.9. The molecule has 2 aromatic rings. The van der Waals surface area contributed by atoms with Crippen LogP contribution in [0.1, 0.15) is 13.3 Å². The molecule has 6 heteroatoms. The highest BCUT2D eigenvalue weighted by Gasteiger charge is 2.29. The topological polar surface area (TPSA) is 62.3 Å². The Balaban J connectivity index is 2.02. The van der Waals surface area contributed by atoms with Crippen LogP contribution in [0.5, 0.6) is 0 Å². The molecule has 21 heavy (non-hydrogen) atoms. The Morgan fingerprint density at radius 1 is 1.29 bits per heavy atom. The average molecular weight is 305 g/mol. The summed E-state index contributed by atoms with van der Waals surface area (Å²) in [5, 5.41) is 5.11. The summed E-state index contributed by atoms with van der Waals surface area (Å²) in [4.78, 5) is 4.41. The minimum Gasteiger partial charge on any atom is -0.315 e. The lowest BCUT2D eigenvalue weighted by atomic mass is 10.2. The number of hydrogen-bond acceptors (Lipinski definition) is 4. The van der Waals surface area contributed by atoms with Gasteiger partial charge in [-0.15, -0.1) is 0 Å². The van der Waals surface area contributed by atoms with E-state index in [2.05, 4.69) is 10.3 Å². The fourth-order valence-electron chi connectivity index (χ4n) is 2.71. The van der Waals surface area contributed by atoms with E-state index in [-0.39, 0.29) is 6.04 Å². The Morgan fingerprint density at radius 3 is 3.00 bits per heavy atom.